The smallest absolute Gasteiger partial charge is 0.193 e. The molecule has 1 aromatic rings. The Bertz CT molecular complexity index is 509. The van der Waals surface area contributed by atoms with Crippen molar-refractivity contribution < 1.29 is 13.2 Å². The minimum Gasteiger partial charge on any atom is -0.497 e. The lowest BCUT2D eigenvalue weighted by molar-refractivity contribution is 0.415. The Hall–Kier alpha value is -1.76. The van der Waals surface area contributed by atoms with Crippen LogP contribution in [0.4, 0.5) is 5.69 Å². The third-order valence-electron chi connectivity index (χ3n) is 2.11. The minimum absolute atomic E-state index is 0.0159. The van der Waals surface area contributed by atoms with Gasteiger partial charge in [-0.3, -0.25) is 4.99 Å². The van der Waals surface area contributed by atoms with Crippen molar-refractivity contribution in [2.45, 2.75) is 0 Å². The van der Waals surface area contributed by atoms with Gasteiger partial charge in [0.2, 0.25) is 0 Å². The lowest BCUT2D eigenvalue weighted by atomic mass is 10.3. The van der Waals surface area contributed by atoms with Crippen molar-refractivity contribution in [1.29, 1.82) is 0 Å². The zero-order valence-corrected chi connectivity index (χ0v) is 11.2. The maximum atomic E-state index is 10.9. The molecule has 0 unspecified atom stereocenters. The predicted octanol–water partition coefficient (Wildman–Crippen LogP) is 0.466. The second kappa shape index (κ2) is 6.25. The fourth-order valence-electron chi connectivity index (χ4n) is 1.19. The largest absolute Gasteiger partial charge is 0.497 e. The lowest BCUT2D eigenvalue weighted by Crippen LogP contribution is -2.23. The van der Waals surface area contributed by atoms with Gasteiger partial charge in [0, 0.05) is 11.9 Å². The van der Waals surface area contributed by atoms with Crippen LogP contribution < -0.4 is 15.8 Å². The van der Waals surface area contributed by atoms with Crippen LogP contribution in [0, 0.1) is 0 Å². The molecule has 1 aromatic carbocycles. The number of hydrogen-bond acceptors (Lipinski definition) is 4. The van der Waals surface area contributed by atoms with E-state index in [0.29, 0.717) is 0 Å². The summed E-state index contributed by atoms with van der Waals surface area (Å²) in [4.78, 5) is 3.92. The summed E-state index contributed by atoms with van der Waals surface area (Å²) in [6.07, 6.45) is 1.16. The number of methoxy groups -OCH3 is 1. The Balaban J connectivity index is 2.52. The molecule has 0 radical (unpaired) electrons. The molecule has 0 saturated heterocycles. The van der Waals surface area contributed by atoms with Gasteiger partial charge in [-0.1, -0.05) is 0 Å². The molecule has 0 aliphatic carbocycles. The van der Waals surface area contributed by atoms with E-state index in [4.69, 9.17) is 10.5 Å². The van der Waals surface area contributed by atoms with E-state index in [0.717, 1.165) is 17.7 Å². The zero-order chi connectivity index (χ0) is 13.6. The average Bonchev–Trinajstić information content (AvgIpc) is 2.28. The molecule has 0 aromatic heterocycles. The summed E-state index contributed by atoms with van der Waals surface area (Å²) in [6.45, 7) is 0.147. The van der Waals surface area contributed by atoms with Crippen LogP contribution in [0.3, 0.4) is 0 Å². The Morgan fingerprint density at radius 1 is 1.39 bits per heavy atom. The van der Waals surface area contributed by atoms with E-state index in [1.165, 1.54) is 0 Å². The first-order valence-corrected chi connectivity index (χ1v) is 7.35. The van der Waals surface area contributed by atoms with Gasteiger partial charge in [-0.05, 0) is 24.3 Å². The molecule has 1 rings (SSSR count). The van der Waals surface area contributed by atoms with Crippen molar-refractivity contribution in [2.75, 3.05) is 31.0 Å². The van der Waals surface area contributed by atoms with Crippen molar-refractivity contribution >= 4 is 21.5 Å². The average molecular weight is 271 g/mol. The summed E-state index contributed by atoms with van der Waals surface area (Å²) < 4.78 is 26.8. The molecular formula is C11H17N3O3S. The Morgan fingerprint density at radius 2 is 2.00 bits per heavy atom. The zero-order valence-electron chi connectivity index (χ0n) is 10.4. The lowest BCUT2D eigenvalue weighted by Gasteiger charge is -2.06. The van der Waals surface area contributed by atoms with Crippen molar-refractivity contribution in [3.05, 3.63) is 24.3 Å². The van der Waals surface area contributed by atoms with Gasteiger partial charge in [0.1, 0.15) is 15.6 Å². The molecule has 0 heterocycles. The van der Waals surface area contributed by atoms with Crippen LogP contribution in [-0.4, -0.2) is 40.0 Å². The number of guanidine groups is 1. The quantitative estimate of drug-likeness (QED) is 0.599. The first kappa shape index (κ1) is 14.3. The first-order valence-electron chi connectivity index (χ1n) is 5.29. The number of nitrogens with two attached hydrogens (primary N) is 1. The SMILES string of the molecule is COc1ccc(NC(N)=NCCS(C)(=O)=O)cc1. The Labute approximate surface area is 107 Å². The molecule has 0 fully saturated rings. The maximum Gasteiger partial charge on any atom is 0.193 e. The number of sulfone groups is 1. The number of benzene rings is 1. The maximum absolute atomic E-state index is 10.9. The Kier molecular flexibility index (Phi) is 4.96. The predicted molar refractivity (Wildman–Crippen MR) is 72.8 cm³/mol. The molecule has 7 heteroatoms. The fraction of sp³-hybridized carbons (Fsp3) is 0.364. The summed E-state index contributed by atoms with van der Waals surface area (Å²) in [5.74, 6) is 0.912. The molecular weight excluding hydrogens is 254 g/mol. The molecule has 0 bridgehead atoms. The van der Waals surface area contributed by atoms with Crippen molar-refractivity contribution in [1.82, 2.24) is 0 Å². The number of rotatable bonds is 5. The highest BCUT2D eigenvalue weighted by atomic mass is 32.2. The number of hydrogen-bond donors (Lipinski definition) is 2. The van der Waals surface area contributed by atoms with Gasteiger partial charge in [0.05, 0.1) is 19.4 Å². The van der Waals surface area contributed by atoms with Gasteiger partial charge >= 0.3 is 0 Å². The molecule has 0 amide bonds. The van der Waals surface area contributed by atoms with Crippen molar-refractivity contribution in [3.8, 4) is 5.75 Å². The van der Waals surface area contributed by atoms with E-state index in [1.54, 1.807) is 31.4 Å². The molecule has 3 N–H and O–H groups in total. The second-order valence-electron chi connectivity index (χ2n) is 3.75. The normalized spacial score (nSPS) is 12.2. The van der Waals surface area contributed by atoms with Gasteiger partial charge in [0.15, 0.2) is 5.96 Å². The van der Waals surface area contributed by atoms with Crippen molar-refractivity contribution in [3.63, 3.8) is 0 Å². The van der Waals surface area contributed by atoms with Crippen LogP contribution in [0.5, 0.6) is 5.75 Å². The molecule has 0 aliphatic heterocycles. The van der Waals surface area contributed by atoms with Crippen LogP contribution in [0.1, 0.15) is 0 Å². The molecule has 18 heavy (non-hydrogen) atoms. The van der Waals surface area contributed by atoms with Gasteiger partial charge in [-0.25, -0.2) is 8.42 Å². The molecule has 0 atom stereocenters. The summed E-state index contributed by atoms with van der Waals surface area (Å²) in [5, 5.41) is 2.86. The van der Waals surface area contributed by atoms with Crippen LogP contribution in [0.2, 0.25) is 0 Å². The monoisotopic (exact) mass is 271 g/mol. The van der Waals surface area contributed by atoms with E-state index < -0.39 is 9.84 Å². The molecule has 0 saturated carbocycles. The number of nitrogens with one attached hydrogen (secondary N) is 1. The summed E-state index contributed by atoms with van der Waals surface area (Å²) in [6, 6.07) is 7.15. The van der Waals surface area contributed by atoms with Crippen LogP contribution in [0.15, 0.2) is 29.3 Å². The number of ether oxygens (including phenoxy) is 1. The second-order valence-corrected chi connectivity index (χ2v) is 6.01. The van der Waals surface area contributed by atoms with Gasteiger partial charge in [0.25, 0.3) is 0 Å². The summed E-state index contributed by atoms with van der Waals surface area (Å²) in [7, 11) is -1.42. The highest BCUT2D eigenvalue weighted by Crippen LogP contribution is 2.14. The molecule has 100 valence electrons. The number of aliphatic imine (C=N–C) groups is 1. The van der Waals surface area contributed by atoms with E-state index in [2.05, 4.69) is 10.3 Å². The third-order valence-corrected chi connectivity index (χ3v) is 3.03. The van der Waals surface area contributed by atoms with Crippen LogP contribution in [0.25, 0.3) is 0 Å². The fourth-order valence-corrected chi connectivity index (χ4v) is 1.62. The van der Waals surface area contributed by atoms with Gasteiger partial charge in [-0.15, -0.1) is 0 Å². The molecule has 0 aliphatic rings. The third kappa shape index (κ3) is 5.53. The summed E-state index contributed by atoms with van der Waals surface area (Å²) >= 11 is 0. The van der Waals surface area contributed by atoms with E-state index in [-0.39, 0.29) is 18.3 Å². The molecule has 6 nitrogen and oxygen atoms in total. The first-order chi connectivity index (χ1) is 8.40. The standard InChI is InChI=1S/C11H17N3O3S/c1-17-10-5-3-9(4-6-10)14-11(12)13-7-8-18(2,15)16/h3-6H,7-8H2,1-2H3,(H3,12,13,14). The minimum atomic E-state index is -3.01. The highest BCUT2D eigenvalue weighted by Gasteiger charge is 2.01. The summed E-state index contributed by atoms with van der Waals surface area (Å²) in [5.41, 5.74) is 6.38. The number of anilines is 1. The van der Waals surface area contributed by atoms with Crippen molar-refractivity contribution in [2.24, 2.45) is 10.7 Å². The highest BCUT2D eigenvalue weighted by molar-refractivity contribution is 7.90. The number of nitrogens with zero attached hydrogens (tertiary/aromatic N) is 1. The van der Waals surface area contributed by atoms with E-state index in [9.17, 15) is 8.42 Å². The van der Waals surface area contributed by atoms with E-state index in [1.807, 2.05) is 0 Å². The molecule has 0 spiro atoms. The van der Waals surface area contributed by atoms with Crippen LogP contribution in [-0.2, 0) is 9.84 Å². The Morgan fingerprint density at radius 3 is 2.50 bits per heavy atom. The van der Waals surface area contributed by atoms with Gasteiger partial charge < -0.3 is 15.8 Å². The van der Waals surface area contributed by atoms with Gasteiger partial charge in [-0.2, -0.15) is 0 Å². The van der Waals surface area contributed by atoms with E-state index >= 15 is 0 Å². The van der Waals surface area contributed by atoms with Crippen LogP contribution >= 0.6 is 0 Å². The topological polar surface area (TPSA) is 93.8 Å².